The van der Waals surface area contributed by atoms with E-state index in [1.54, 1.807) is 16.8 Å². The molecule has 5 aromatic rings. The Kier molecular flexibility index (Phi) is 8.08. The number of carbonyl (C=O) groups is 2. The number of hydrogen-bond donors (Lipinski definition) is 1. The van der Waals surface area contributed by atoms with Crippen LogP contribution in [0.4, 0.5) is 0 Å². The molecule has 0 unspecified atom stereocenters. The van der Waals surface area contributed by atoms with Crippen LogP contribution < -0.4 is 5.56 Å². The first-order valence-electron chi connectivity index (χ1n) is 15.8. The van der Waals surface area contributed by atoms with E-state index in [2.05, 4.69) is 4.98 Å². The number of likely N-dealkylation sites (tertiary alicyclic amines) is 2. The van der Waals surface area contributed by atoms with Crippen LogP contribution in [0.3, 0.4) is 0 Å². The fourth-order valence-corrected chi connectivity index (χ4v) is 7.96. The molecule has 3 aromatic heterocycles. The maximum absolute atomic E-state index is 14.1. The summed E-state index contributed by atoms with van der Waals surface area (Å²) in [6.45, 7) is 1.92. The maximum Gasteiger partial charge on any atom is 0.263 e. The third kappa shape index (κ3) is 5.78. The molecule has 7 rings (SSSR count). The highest BCUT2D eigenvalue weighted by Crippen LogP contribution is 2.37. The smallest absolute Gasteiger partial charge is 0.263 e. The summed E-state index contributed by atoms with van der Waals surface area (Å²) in [5, 5.41) is 12.0. The van der Waals surface area contributed by atoms with Crippen LogP contribution in [0.5, 0.6) is 0 Å². The van der Waals surface area contributed by atoms with E-state index < -0.39 is 5.60 Å². The average molecular weight is 636 g/mol. The lowest BCUT2D eigenvalue weighted by molar-refractivity contribution is -0.142. The summed E-state index contributed by atoms with van der Waals surface area (Å²) in [5.74, 6) is -0.341. The van der Waals surface area contributed by atoms with Crippen molar-refractivity contribution < 1.29 is 14.7 Å². The van der Waals surface area contributed by atoms with Gasteiger partial charge in [-0.15, -0.1) is 11.3 Å². The number of fused-ring (bicyclic) bond motifs is 1. The Morgan fingerprint density at radius 2 is 1.65 bits per heavy atom. The van der Waals surface area contributed by atoms with Gasteiger partial charge in [0.1, 0.15) is 12.0 Å². The van der Waals surface area contributed by atoms with Crippen LogP contribution in [-0.4, -0.2) is 72.6 Å². The summed E-state index contributed by atoms with van der Waals surface area (Å²) in [4.78, 5) is 50.8. The normalized spacial score (nSPS) is 19.8. The molecule has 5 heterocycles. The third-order valence-electron chi connectivity index (χ3n) is 9.64. The van der Waals surface area contributed by atoms with Crippen molar-refractivity contribution in [3.8, 4) is 10.4 Å². The van der Waals surface area contributed by atoms with Gasteiger partial charge in [0.05, 0.1) is 22.4 Å². The Morgan fingerprint density at radius 1 is 0.935 bits per heavy atom. The molecular formula is C36H37N5O4S. The van der Waals surface area contributed by atoms with E-state index in [0.717, 1.165) is 16.0 Å². The van der Waals surface area contributed by atoms with Gasteiger partial charge in [-0.2, -0.15) is 0 Å². The zero-order valence-corrected chi connectivity index (χ0v) is 26.6. The minimum absolute atomic E-state index is 0.000436. The highest BCUT2D eigenvalue weighted by molar-refractivity contribution is 7.17. The number of nitrogens with zero attached hydrogens (tertiary/aromatic N) is 5. The van der Waals surface area contributed by atoms with Crippen molar-refractivity contribution in [2.75, 3.05) is 26.2 Å². The monoisotopic (exact) mass is 635 g/mol. The molecule has 9 nitrogen and oxygen atoms in total. The molecule has 2 fully saturated rings. The molecule has 2 saturated heterocycles. The lowest BCUT2D eigenvalue weighted by Gasteiger charge is -2.43. The maximum atomic E-state index is 14.1. The quantitative estimate of drug-likeness (QED) is 0.290. The van der Waals surface area contributed by atoms with Gasteiger partial charge in [-0.05, 0) is 48.6 Å². The molecule has 46 heavy (non-hydrogen) atoms. The van der Waals surface area contributed by atoms with Crippen molar-refractivity contribution in [1.29, 1.82) is 0 Å². The van der Waals surface area contributed by atoms with E-state index in [1.165, 1.54) is 22.2 Å². The molecule has 2 atom stereocenters. The zero-order chi connectivity index (χ0) is 31.8. The number of carbonyl (C=O) groups excluding carboxylic acids is 2. The van der Waals surface area contributed by atoms with Crippen molar-refractivity contribution in [2.45, 2.75) is 37.3 Å². The van der Waals surface area contributed by atoms with Gasteiger partial charge in [-0.3, -0.25) is 19.0 Å². The number of rotatable bonds is 6. The first-order chi connectivity index (χ1) is 22.3. The summed E-state index contributed by atoms with van der Waals surface area (Å²) >= 11 is 1.50. The molecule has 0 spiro atoms. The number of piperidine rings is 2. The van der Waals surface area contributed by atoms with Crippen LogP contribution >= 0.6 is 11.3 Å². The third-order valence-corrected chi connectivity index (χ3v) is 10.8. The van der Waals surface area contributed by atoms with Crippen molar-refractivity contribution in [3.05, 3.63) is 112 Å². The van der Waals surface area contributed by atoms with Crippen molar-refractivity contribution >= 4 is 34.2 Å². The number of thiophene rings is 1. The average Bonchev–Trinajstić information content (AvgIpc) is 3.74. The van der Waals surface area contributed by atoms with Gasteiger partial charge >= 0.3 is 0 Å². The lowest BCUT2D eigenvalue weighted by atomic mass is 9.79. The number of benzene rings is 2. The second kappa shape index (κ2) is 12.3. The highest BCUT2D eigenvalue weighted by atomic mass is 32.1. The Balaban J connectivity index is 1.04. The van der Waals surface area contributed by atoms with Gasteiger partial charge in [0.15, 0.2) is 0 Å². The van der Waals surface area contributed by atoms with Crippen molar-refractivity contribution in [3.63, 3.8) is 0 Å². The topological polar surface area (TPSA) is 101 Å². The van der Waals surface area contributed by atoms with Crippen LogP contribution in [-0.2, 0) is 18.4 Å². The Hall–Kier alpha value is -4.54. The van der Waals surface area contributed by atoms with Crippen molar-refractivity contribution in [1.82, 2.24) is 23.9 Å². The molecule has 2 aromatic carbocycles. The van der Waals surface area contributed by atoms with Crippen molar-refractivity contribution in [2.24, 2.45) is 13.0 Å². The van der Waals surface area contributed by atoms with Gasteiger partial charge in [0, 0.05) is 56.1 Å². The summed E-state index contributed by atoms with van der Waals surface area (Å²) in [7, 11) is 1.84. The summed E-state index contributed by atoms with van der Waals surface area (Å²) < 4.78 is 3.28. The second-order valence-corrected chi connectivity index (χ2v) is 13.7. The largest absolute Gasteiger partial charge is 0.388 e. The number of aliphatic hydroxyl groups is 1. The van der Waals surface area contributed by atoms with Crippen LogP contribution in [0, 0.1) is 5.92 Å². The summed E-state index contributed by atoms with van der Waals surface area (Å²) in [6, 6.07) is 25.7. The fraction of sp³-hybridized carbons (Fsp3) is 0.333. The molecule has 0 bridgehead atoms. The highest BCUT2D eigenvalue weighted by Gasteiger charge is 2.42. The Morgan fingerprint density at radius 3 is 2.39 bits per heavy atom. The molecule has 10 heteroatoms. The second-order valence-electron chi connectivity index (χ2n) is 12.6. The minimum Gasteiger partial charge on any atom is -0.388 e. The van der Waals surface area contributed by atoms with Gasteiger partial charge in [-0.25, -0.2) is 4.98 Å². The van der Waals surface area contributed by atoms with Crippen LogP contribution in [0.2, 0.25) is 0 Å². The van der Waals surface area contributed by atoms with Gasteiger partial charge in [-0.1, -0.05) is 60.7 Å². The van der Waals surface area contributed by atoms with Gasteiger partial charge < -0.3 is 19.5 Å². The Bertz CT molecular complexity index is 1920. The zero-order valence-electron chi connectivity index (χ0n) is 25.8. The molecule has 0 saturated carbocycles. The molecular weight excluding hydrogens is 598 g/mol. The SMILES string of the molecule is Cn1ccc2c(=O)n(CC3(O)CCN(C(=O)[C@@H]4CCN(C(=O)c5ccc(-c6ccccc6)s5)C[C@H]4c4ccccc4)CC3)cnc21. The van der Waals surface area contributed by atoms with E-state index in [1.807, 2.05) is 89.6 Å². The first kappa shape index (κ1) is 30.1. The van der Waals surface area contributed by atoms with Crippen LogP contribution in [0.1, 0.15) is 40.4 Å². The number of aryl methyl sites for hydroxylation is 1. The standard InChI is InChI=1S/C36H37N5O4S/c1-38-18-14-28-32(38)37-24-41(34(28)43)23-36(45)16-20-39(21-17-36)33(42)27-15-19-40(22-29(27)25-8-4-2-5-9-25)35(44)31-13-12-30(46-31)26-10-6-3-7-11-26/h2-14,18,24,27,29,45H,15-17,19-23H2,1H3/t27-,29+/m1/s1. The van der Waals surface area contributed by atoms with Gasteiger partial charge in [0.25, 0.3) is 11.5 Å². The van der Waals surface area contributed by atoms with Crippen LogP contribution in [0.25, 0.3) is 21.5 Å². The van der Waals surface area contributed by atoms with Crippen LogP contribution in [0.15, 0.2) is 96.2 Å². The fourth-order valence-electron chi connectivity index (χ4n) is 6.98. The molecule has 1 N–H and O–H groups in total. The molecule has 2 amide bonds. The van der Waals surface area contributed by atoms with E-state index in [4.69, 9.17) is 0 Å². The molecule has 0 radical (unpaired) electrons. The lowest BCUT2D eigenvalue weighted by Crippen LogP contribution is -2.53. The van der Waals surface area contributed by atoms with E-state index in [9.17, 15) is 19.5 Å². The first-order valence-corrected chi connectivity index (χ1v) is 16.6. The molecule has 0 aliphatic carbocycles. The molecule has 2 aliphatic rings. The summed E-state index contributed by atoms with van der Waals surface area (Å²) in [5.41, 5.74) is 1.46. The number of aromatic nitrogens is 3. The molecule has 236 valence electrons. The number of amides is 2. The summed E-state index contributed by atoms with van der Waals surface area (Å²) in [6.07, 6.45) is 4.61. The van der Waals surface area contributed by atoms with Gasteiger partial charge in [0.2, 0.25) is 5.91 Å². The van der Waals surface area contributed by atoms with E-state index >= 15 is 0 Å². The number of hydrogen-bond acceptors (Lipinski definition) is 6. The molecule has 2 aliphatic heterocycles. The Labute approximate surface area is 271 Å². The predicted octanol–water partition coefficient (Wildman–Crippen LogP) is 4.76. The predicted molar refractivity (Wildman–Crippen MR) is 179 cm³/mol. The van der Waals surface area contributed by atoms with E-state index in [-0.39, 0.29) is 35.8 Å². The van der Waals surface area contributed by atoms with E-state index in [0.29, 0.717) is 61.4 Å². The minimum atomic E-state index is -1.11.